The highest BCUT2D eigenvalue weighted by Gasteiger charge is 2.08. The lowest BCUT2D eigenvalue weighted by molar-refractivity contribution is 1.09. The van der Waals surface area contributed by atoms with Crippen molar-refractivity contribution in [2.24, 2.45) is 0 Å². The first kappa shape index (κ1) is 17.3. The van der Waals surface area contributed by atoms with Crippen LogP contribution >= 0.6 is 0 Å². The van der Waals surface area contributed by atoms with E-state index in [-0.39, 0.29) is 0 Å². The van der Waals surface area contributed by atoms with E-state index in [4.69, 9.17) is 4.98 Å². The van der Waals surface area contributed by atoms with Gasteiger partial charge in [-0.3, -0.25) is 0 Å². The number of hydrogen-bond donors (Lipinski definition) is 1. The van der Waals surface area contributed by atoms with Crippen molar-refractivity contribution in [2.75, 3.05) is 5.32 Å². The summed E-state index contributed by atoms with van der Waals surface area (Å²) in [5.41, 5.74) is 6.71. The molecule has 1 N–H and O–H groups in total. The Labute approximate surface area is 170 Å². The normalized spacial score (nSPS) is 10.9. The first-order valence-electron chi connectivity index (χ1n) is 9.74. The van der Waals surface area contributed by atoms with Crippen LogP contribution in [0.15, 0.2) is 103 Å². The third-order valence-electron chi connectivity index (χ3n) is 5.18. The van der Waals surface area contributed by atoms with Gasteiger partial charge < -0.3 is 9.88 Å². The van der Waals surface area contributed by atoms with Crippen LogP contribution in [0.3, 0.4) is 0 Å². The van der Waals surface area contributed by atoms with E-state index >= 15 is 0 Å². The summed E-state index contributed by atoms with van der Waals surface area (Å²) in [6.07, 6.45) is 2.08. The summed E-state index contributed by atoms with van der Waals surface area (Å²) >= 11 is 0. The molecule has 29 heavy (non-hydrogen) atoms. The summed E-state index contributed by atoms with van der Waals surface area (Å²) in [5.74, 6) is 0.839. The van der Waals surface area contributed by atoms with Crippen molar-refractivity contribution in [3.05, 3.63) is 109 Å². The van der Waals surface area contributed by atoms with Crippen LogP contribution in [0.25, 0.3) is 27.8 Å². The smallest absolute Gasteiger partial charge is 0.146 e. The maximum absolute atomic E-state index is 4.90. The zero-order valence-corrected chi connectivity index (χ0v) is 16.2. The van der Waals surface area contributed by atoms with Crippen molar-refractivity contribution in [1.82, 2.24) is 9.55 Å². The zero-order valence-electron chi connectivity index (χ0n) is 16.2. The molecule has 3 aromatic carbocycles. The highest BCUT2D eigenvalue weighted by molar-refractivity contribution is 5.81. The van der Waals surface area contributed by atoms with Crippen LogP contribution in [0.5, 0.6) is 0 Å². The molecule has 0 saturated heterocycles. The second-order valence-electron chi connectivity index (χ2n) is 7.15. The molecule has 0 atom stereocenters. The summed E-state index contributed by atoms with van der Waals surface area (Å²) in [7, 11) is 0. The first-order valence-corrected chi connectivity index (χ1v) is 9.74. The van der Waals surface area contributed by atoms with E-state index in [9.17, 15) is 0 Å². The van der Waals surface area contributed by atoms with Gasteiger partial charge in [0.2, 0.25) is 0 Å². The molecule has 0 aliphatic rings. The monoisotopic (exact) mass is 375 g/mol. The number of aryl methyl sites for hydroxylation is 1. The Bertz CT molecular complexity index is 1290. The summed E-state index contributed by atoms with van der Waals surface area (Å²) in [6, 6.07) is 33.5. The number of anilines is 2. The number of benzene rings is 3. The number of nitrogens with one attached hydrogen (secondary N) is 1. The summed E-state index contributed by atoms with van der Waals surface area (Å²) in [6.45, 7) is 2.10. The van der Waals surface area contributed by atoms with E-state index < -0.39 is 0 Å². The molecule has 3 heteroatoms. The second kappa shape index (κ2) is 7.28. The van der Waals surface area contributed by atoms with Gasteiger partial charge >= 0.3 is 0 Å². The van der Waals surface area contributed by atoms with Crippen LogP contribution in [0.4, 0.5) is 11.5 Å². The Morgan fingerprint density at radius 3 is 2.38 bits per heavy atom. The Morgan fingerprint density at radius 1 is 0.724 bits per heavy atom. The first-order chi connectivity index (χ1) is 14.3. The molecule has 0 spiro atoms. The van der Waals surface area contributed by atoms with Crippen molar-refractivity contribution in [3.63, 3.8) is 0 Å². The number of nitrogens with zero attached hydrogens (tertiary/aromatic N) is 2. The molecule has 0 aliphatic heterocycles. The Kier molecular flexibility index (Phi) is 4.34. The van der Waals surface area contributed by atoms with Crippen molar-refractivity contribution in [1.29, 1.82) is 0 Å². The number of aromatic nitrogens is 2. The Morgan fingerprint density at radius 2 is 1.52 bits per heavy atom. The van der Waals surface area contributed by atoms with Gasteiger partial charge in [0.1, 0.15) is 11.5 Å². The van der Waals surface area contributed by atoms with Crippen molar-refractivity contribution >= 4 is 22.5 Å². The van der Waals surface area contributed by atoms with Gasteiger partial charge in [-0.1, -0.05) is 60.7 Å². The largest absolute Gasteiger partial charge is 0.340 e. The average Bonchev–Trinajstić information content (AvgIpc) is 3.19. The molecule has 0 unspecified atom stereocenters. The third kappa shape index (κ3) is 3.39. The number of para-hydroxylation sites is 1. The lowest BCUT2D eigenvalue weighted by Gasteiger charge is -2.11. The molecule has 5 rings (SSSR count). The molecule has 2 aromatic heterocycles. The minimum Gasteiger partial charge on any atom is -0.340 e. The molecule has 3 nitrogen and oxygen atoms in total. The number of fused-ring (bicyclic) bond motifs is 1. The van der Waals surface area contributed by atoms with Gasteiger partial charge in [-0.2, -0.15) is 0 Å². The van der Waals surface area contributed by atoms with Gasteiger partial charge in [-0.15, -0.1) is 0 Å². The highest BCUT2D eigenvalue weighted by atomic mass is 15.1. The SMILES string of the molecule is Cc1ccccc1Nc1ccc2ccn(-c3cccc(-c4ccccc4)c3)c2n1. The average molecular weight is 375 g/mol. The van der Waals surface area contributed by atoms with Crippen LogP contribution in [0, 0.1) is 6.92 Å². The molecule has 0 aliphatic carbocycles. The van der Waals surface area contributed by atoms with E-state index in [0.717, 1.165) is 28.2 Å². The van der Waals surface area contributed by atoms with Crippen molar-refractivity contribution in [2.45, 2.75) is 6.92 Å². The van der Waals surface area contributed by atoms with Gasteiger partial charge in [0.15, 0.2) is 0 Å². The van der Waals surface area contributed by atoms with Gasteiger partial charge in [-0.25, -0.2) is 4.98 Å². The fourth-order valence-electron chi connectivity index (χ4n) is 3.60. The van der Waals surface area contributed by atoms with Crippen LogP contribution in [0.1, 0.15) is 5.56 Å². The molecule has 2 heterocycles. The minimum atomic E-state index is 0.839. The lowest BCUT2D eigenvalue weighted by Crippen LogP contribution is -1.98. The molecule has 0 bridgehead atoms. The highest BCUT2D eigenvalue weighted by Crippen LogP contribution is 2.26. The molecular formula is C26H21N3. The number of hydrogen-bond acceptors (Lipinski definition) is 2. The zero-order chi connectivity index (χ0) is 19.6. The maximum atomic E-state index is 4.90. The number of pyridine rings is 1. The van der Waals surface area contributed by atoms with E-state index in [1.165, 1.54) is 16.7 Å². The predicted molar refractivity (Wildman–Crippen MR) is 121 cm³/mol. The topological polar surface area (TPSA) is 29.9 Å². The minimum absolute atomic E-state index is 0.839. The molecule has 0 amide bonds. The van der Waals surface area contributed by atoms with Crippen molar-refractivity contribution < 1.29 is 0 Å². The Hall–Kier alpha value is -3.85. The maximum Gasteiger partial charge on any atom is 0.146 e. The van der Waals surface area contributed by atoms with Crippen LogP contribution in [0.2, 0.25) is 0 Å². The molecule has 0 radical (unpaired) electrons. The van der Waals surface area contributed by atoms with Gasteiger partial charge in [0, 0.05) is 23.0 Å². The van der Waals surface area contributed by atoms with E-state index in [1.807, 2.05) is 24.3 Å². The van der Waals surface area contributed by atoms with Gasteiger partial charge in [-0.05, 0) is 60.0 Å². The summed E-state index contributed by atoms with van der Waals surface area (Å²) in [4.78, 5) is 4.90. The number of rotatable bonds is 4. The fourth-order valence-corrected chi connectivity index (χ4v) is 3.60. The molecule has 0 fully saturated rings. The molecule has 0 saturated carbocycles. The quantitative estimate of drug-likeness (QED) is 0.377. The fraction of sp³-hybridized carbons (Fsp3) is 0.0385. The molecule has 140 valence electrons. The predicted octanol–water partition coefficient (Wildman–Crippen LogP) is 6.74. The van der Waals surface area contributed by atoms with Gasteiger partial charge in [0.25, 0.3) is 0 Å². The lowest BCUT2D eigenvalue weighted by atomic mass is 10.1. The van der Waals surface area contributed by atoms with E-state index in [0.29, 0.717) is 0 Å². The van der Waals surface area contributed by atoms with Crippen LogP contribution < -0.4 is 5.32 Å². The van der Waals surface area contributed by atoms with Crippen LogP contribution in [-0.2, 0) is 0 Å². The van der Waals surface area contributed by atoms with Crippen molar-refractivity contribution in [3.8, 4) is 16.8 Å². The third-order valence-corrected chi connectivity index (χ3v) is 5.18. The standard InChI is InChI=1S/C26H21N3/c1-19-8-5-6-13-24(19)27-25-15-14-21-16-17-29(26(21)28-25)23-12-7-11-22(18-23)20-9-3-2-4-10-20/h2-18H,1H3,(H,27,28). The van der Waals surface area contributed by atoms with E-state index in [2.05, 4.69) is 95.8 Å². The molecule has 5 aromatic rings. The van der Waals surface area contributed by atoms with Crippen LogP contribution in [-0.4, -0.2) is 9.55 Å². The summed E-state index contributed by atoms with van der Waals surface area (Å²) in [5, 5.41) is 4.56. The summed E-state index contributed by atoms with van der Waals surface area (Å²) < 4.78 is 2.14. The van der Waals surface area contributed by atoms with Gasteiger partial charge in [0.05, 0.1) is 0 Å². The second-order valence-corrected chi connectivity index (χ2v) is 7.15. The Balaban J connectivity index is 1.55. The molecular weight excluding hydrogens is 354 g/mol. The van der Waals surface area contributed by atoms with E-state index in [1.54, 1.807) is 0 Å².